The lowest BCUT2D eigenvalue weighted by molar-refractivity contribution is -0.185. The maximum atomic E-state index is 13.2. The lowest BCUT2D eigenvalue weighted by atomic mass is 9.73. The molecule has 0 spiro atoms. The van der Waals surface area contributed by atoms with E-state index in [2.05, 4.69) is 0 Å². The van der Waals surface area contributed by atoms with Gasteiger partial charge in [0.25, 0.3) is 0 Å². The first-order valence-electron chi connectivity index (χ1n) is 11.0. The first-order valence-corrected chi connectivity index (χ1v) is 11.0. The number of aryl methyl sites for hydroxylation is 1. The lowest BCUT2D eigenvalue weighted by Gasteiger charge is -2.43. The number of hydrogen-bond donors (Lipinski definition) is 0. The highest BCUT2D eigenvalue weighted by Gasteiger charge is 2.51. The molecule has 0 N–H and O–H groups in total. The van der Waals surface area contributed by atoms with Crippen LogP contribution in [0.15, 0.2) is 54.6 Å². The summed E-state index contributed by atoms with van der Waals surface area (Å²) in [5.74, 6) is 0.130. The molecule has 2 fully saturated rings. The topological polar surface area (TPSA) is 52.6 Å². The zero-order valence-corrected chi connectivity index (χ0v) is 17.6. The minimum Gasteiger partial charge on any atom is -0.497 e. The number of benzene rings is 2. The van der Waals surface area contributed by atoms with Gasteiger partial charge in [-0.25, -0.2) is 0 Å². The van der Waals surface area contributed by atoms with Gasteiger partial charge in [0.2, 0.25) is 0 Å². The fourth-order valence-corrected chi connectivity index (χ4v) is 5.08. The van der Waals surface area contributed by atoms with Crippen molar-refractivity contribution in [2.45, 2.75) is 57.0 Å². The van der Waals surface area contributed by atoms with Crippen LogP contribution in [-0.2, 0) is 27.2 Å². The smallest absolute Gasteiger partial charge is 0.317 e. The van der Waals surface area contributed by atoms with Gasteiger partial charge in [0.1, 0.15) is 17.3 Å². The molecule has 2 atom stereocenters. The summed E-state index contributed by atoms with van der Waals surface area (Å²) in [5.41, 5.74) is 1.51. The van der Waals surface area contributed by atoms with Crippen molar-refractivity contribution >= 4 is 11.8 Å². The van der Waals surface area contributed by atoms with Gasteiger partial charge in [-0.2, -0.15) is 0 Å². The number of ketones is 1. The average molecular weight is 407 g/mol. The third-order valence-electron chi connectivity index (χ3n) is 6.83. The number of rotatable bonds is 7. The molecule has 158 valence electrons. The van der Waals surface area contributed by atoms with Crippen LogP contribution >= 0.6 is 0 Å². The van der Waals surface area contributed by atoms with Crippen LogP contribution < -0.4 is 4.74 Å². The highest BCUT2D eigenvalue weighted by Crippen LogP contribution is 2.45. The third kappa shape index (κ3) is 4.43. The van der Waals surface area contributed by atoms with Gasteiger partial charge in [0.05, 0.1) is 7.11 Å². The molecule has 0 radical (unpaired) electrons. The number of Topliss-reactive ketones (excluding diaryl/α,β-unsaturated/α-hetero) is 1. The van der Waals surface area contributed by atoms with E-state index in [1.54, 1.807) is 7.11 Å². The Morgan fingerprint density at radius 2 is 1.67 bits per heavy atom. The predicted octanol–water partition coefficient (Wildman–Crippen LogP) is 4.93. The van der Waals surface area contributed by atoms with E-state index in [1.807, 2.05) is 54.6 Å². The molecule has 2 aliphatic rings. The Bertz CT molecular complexity index is 848. The second kappa shape index (κ2) is 9.03. The van der Waals surface area contributed by atoms with Crippen LogP contribution in [0.3, 0.4) is 0 Å². The zero-order chi connectivity index (χ0) is 21.0. The molecule has 0 bridgehead atoms. The first kappa shape index (κ1) is 20.6. The summed E-state index contributed by atoms with van der Waals surface area (Å²) in [5, 5.41) is 0. The molecule has 2 aromatic rings. The summed E-state index contributed by atoms with van der Waals surface area (Å²) in [6, 6.07) is 17.7. The van der Waals surface area contributed by atoms with Gasteiger partial charge in [-0.1, -0.05) is 55.3 Å². The van der Waals surface area contributed by atoms with Gasteiger partial charge in [0, 0.05) is 6.42 Å². The first-order chi connectivity index (χ1) is 14.6. The fourth-order valence-electron chi connectivity index (χ4n) is 5.08. The minimum atomic E-state index is -0.678. The number of hydrogen-bond acceptors (Lipinski definition) is 4. The molecular formula is C26H30O4. The van der Waals surface area contributed by atoms with E-state index in [0.29, 0.717) is 19.3 Å². The molecule has 1 aliphatic carbocycles. The van der Waals surface area contributed by atoms with Gasteiger partial charge in [-0.05, 0) is 61.3 Å². The van der Waals surface area contributed by atoms with Crippen molar-refractivity contribution in [2.24, 2.45) is 11.8 Å². The van der Waals surface area contributed by atoms with Crippen molar-refractivity contribution in [3.63, 3.8) is 0 Å². The molecule has 2 unspecified atom stereocenters. The molecule has 2 aromatic carbocycles. The summed E-state index contributed by atoms with van der Waals surface area (Å²) in [7, 11) is 1.66. The van der Waals surface area contributed by atoms with Crippen molar-refractivity contribution in [1.29, 1.82) is 0 Å². The van der Waals surface area contributed by atoms with Crippen LogP contribution in [0.5, 0.6) is 5.75 Å². The summed E-state index contributed by atoms with van der Waals surface area (Å²) in [6.07, 6.45) is 6.61. The molecule has 4 heteroatoms. The maximum Gasteiger partial charge on any atom is 0.317 e. The van der Waals surface area contributed by atoms with Gasteiger partial charge in [-0.3, -0.25) is 9.59 Å². The fraction of sp³-hybridized carbons (Fsp3) is 0.462. The maximum absolute atomic E-state index is 13.2. The number of methoxy groups -OCH3 is 1. The van der Waals surface area contributed by atoms with Gasteiger partial charge < -0.3 is 9.47 Å². The van der Waals surface area contributed by atoms with E-state index in [1.165, 1.54) is 5.56 Å². The molecule has 1 saturated carbocycles. The molecule has 0 aromatic heterocycles. The second-order valence-electron chi connectivity index (χ2n) is 8.70. The highest BCUT2D eigenvalue weighted by molar-refractivity contribution is 6.01. The van der Waals surface area contributed by atoms with E-state index in [4.69, 9.17) is 9.47 Å². The Balaban J connectivity index is 1.50. The Labute approximate surface area is 178 Å². The van der Waals surface area contributed by atoms with Crippen molar-refractivity contribution in [3.8, 4) is 5.75 Å². The summed E-state index contributed by atoms with van der Waals surface area (Å²) in [6.45, 7) is 0. The number of carbonyl (C=O) groups excluding carboxylic acids is 2. The number of carbonyl (C=O) groups is 2. The summed E-state index contributed by atoms with van der Waals surface area (Å²) < 4.78 is 11.4. The SMILES string of the molecule is COc1ccc(CCC2(C3CCCC3)CC(=O)C(Cc3ccccc3)C(=O)O2)cc1. The monoisotopic (exact) mass is 406 g/mol. The second-order valence-corrected chi connectivity index (χ2v) is 8.70. The Hall–Kier alpha value is -2.62. The molecule has 1 aliphatic heterocycles. The van der Waals surface area contributed by atoms with E-state index in [0.717, 1.165) is 43.4 Å². The summed E-state index contributed by atoms with van der Waals surface area (Å²) in [4.78, 5) is 26.2. The van der Waals surface area contributed by atoms with Crippen LogP contribution in [0.1, 0.15) is 49.7 Å². The third-order valence-corrected chi connectivity index (χ3v) is 6.83. The molecular weight excluding hydrogens is 376 g/mol. The highest BCUT2D eigenvalue weighted by atomic mass is 16.6. The van der Waals surface area contributed by atoms with E-state index >= 15 is 0 Å². The lowest BCUT2D eigenvalue weighted by Crippen LogP contribution is -2.52. The van der Waals surface area contributed by atoms with E-state index in [-0.39, 0.29) is 17.7 Å². The Morgan fingerprint density at radius 1 is 0.967 bits per heavy atom. The average Bonchev–Trinajstić information content (AvgIpc) is 3.32. The normalized spacial score (nSPS) is 24.6. The van der Waals surface area contributed by atoms with Crippen LogP contribution in [0.4, 0.5) is 0 Å². The van der Waals surface area contributed by atoms with E-state index in [9.17, 15) is 9.59 Å². The zero-order valence-electron chi connectivity index (χ0n) is 17.6. The standard InChI is InChI=1S/C26H30O4/c1-29-22-13-11-19(12-14-22)15-16-26(21-9-5-6-10-21)18-24(27)23(25(28)30-26)17-20-7-3-2-4-8-20/h2-4,7-8,11-14,21,23H,5-6,9-10,15-18H2,1H3. The number of esters is 1. The van der Waals surface area contributed by atoms with Crippen LogP contribution in [0, 0.1) is 11.8 Å². The van der Waals surface area contributed by atoms with Crippen molar-refractivity contribution in [2.75, 3.05) is 7.11 Å². The molecule has 1 heterocycles. The Kier molecular flexibility index (Phi) is 6.21. The molecule has 0 amide bonds. The minimum absolute atomic E-state index is 0.0386. The van der Waals surface area contributed by atoms with Crippen molar-refractivity contribution in [3.05, 3.63) is 65.7 Å². The quantitative estimate of drug-likeness (QED) is 0.483. The predicted molar refractivity (Wildman–Crippen MR) is 115 cm³/mol. The van der Waals surface area contributed by atoms with Gasteiger partial charge >= 0.3 is 5.97 Å². The van der Waals surface area contributed by atoms with E-state index < -0.39 is 11.5 Å². The van der Waals surface area contributed by atoms with Crippen molar-refractivity contribution in [1.82, 2.24) is 0 Å². The van der Waals surface area contributed by atoms with Crippen LogP contribution in [0.25, 0.3) is 0 Å². The van der Waals surface area contributed by atoms with Crippen LogP contribution in [0.2, 0.25) is 0 Å². The molecule has 4 nitrogen and oxygen atoms in total. The number of cyclic esters (lactones) is 1. The summed E-state index contributed by atoms with van der Waals surface area (Å²) >= 11 is 0. The number of ether oxygens (including phenoxy) is 2. The largest absolute Gasteiger partial charge is 0.497 e. The molecule has 4 rings (SSSR count). The Morgan fingerprint density at radius 3 is 2.30 bits per heavy atom. The molecule has 1 saturated heterocycles. The van der Waals surface area contributed by atoms with Crippen molar-refractivity contribution < 1.29 is 19.1 Å². The van der Waals surface area contributed by atoms with Crippen LogP contribution in [-0.4, -0.2) is 24.5 Å². The van der Waals surface area contributed by atoms with Gasteiger partial charge in [0.15, 0.2) is 5.78 Å². The molecule has 30 heavy (non-hydrogen) atoms. The van der Waals surface area contributed by atoms with Gasteiger partial charge in [-0.15, -0.1) is 0 Å².